The van der Waals surface area contributed by atoms with Crippen molar-refractivity contribution < 1.29 is 28.8 Å². The fraction of sp³-hybridized carbons (Fsp3) is 0.0345. The summed E-state index contributed by atoms with van der Waals surface area (Å²) in [6, 6.07) is 23.9. The molecule has 0 saturated heterocycles. The molecule has 0 bridgehead atoms. The standard InChI is InChI=1S/C29H17ClN2O7/c30-19-15-13-18(14-16-19)26(25(33)17-7-2-1-3-8-17)39-29(36)20-9-4-5-11-22(20)31-27(34)21-10-6-12-23(32(37)38)24(21)28(31)35/h1-16,26H/t26-/m0/s1. The summed E-state index contributed by atoms with van der Waals surface area (Å²) in [4.78, 5) is 64.8. The zero-order chi connectivity index (χ0) is 27.7. The second-order valence-corrected chi connectivity index (χ2v) is 8.92. The molecule has 4 aromatic carbocycles. The molecule has 1 aliphatic heterocycles. The van der Waals surface area contributed by atoms with Gasteiger partial charge in [-0.15, -0.1) is 0 Å². The van der Waals surface area contributed by atoms with E-state index in [2.05, 4.69) is 0 Å². The first-order valence-electron chi connectivity index (χ1n) is 11.6. The maximum absolute atomic E-state index is 13.5. The highest BCUT2D eigenvalue weighted by Crippen LogP contribution is 2.36. The number of benzene rings is 4. The second-order valence-electron chi connectivity index (χ2n) is 8.49. The van der Waals surface area contributed by atoms with Crippen molar-refractivity contribution in [3.63, 3.8) is 0 Å². The van der Waals surface area contributed by atoms with E-state index in [1.165, 1.54) is 36.4 Å². The molecule has 0 aromatic heterocycles. The van der Waals surface area contributed by atoms with Gasteiger partial charge in [0.1, 0.15) is 5.56 Å². The van der Waals surface area contributed by atoms with Gasteiger partial charge in [0.15, 0.2) is 6.10 Å². The number of carbonyl (C=O) groups excluding carboxylic acids is 4. The van der Waals surface area contributed by atoms with Gasteiger partial charge in [0.2, 0.25) is 5.78 Å². The Morgan fingerprint density at radius 1 is 0.821 bits per heavy atom. The Morgan fingerprint density at radius 3 is 2.18 bits per heavy atom. The summed E-state index contributed by atoms with van der Waals surface area (Å²) in [7, 11) is 0. The molecule has 1 heterocycles. The number of para-hydroxylation sites is 1. The molecule has 0 aliphatic carbocycles. The van der Waals surface area contributed by atoms with Crippen LogP contribution in [-0.4, -0.2) is 28.5 Å². The normalized spacial score (nSPS) is 13.1. The number of imide groups is 1. The maximum Gasteiger partial charge on any atom is 0.341 e. The second kappa shape index (κ2) is 10.3. The summed E-state index contributed by atoms with van der Waals surface area (Å²) in [5.41, 5.74) is -0.713. The van der Waals surface area contributed by atoms with Crippen LogP contribution in [0, 0.1) is 10.1 Å². The number of ether oxygens (including phenoxy) is 1. The topological polar surface area (TPSA) is 124 Å². The van der Waals surface area contributed by atoms with E-state index in [1.807, 2.05) is 0 Å². The number of hydrogen-bond acceptors (Lipinski definition) is 7. The van der Waals surface area contributed by atoms with E-state index in [4.69, 9.17) is 16.3 Å². The van der Waals surface area contributed by atoms with Crippen LogP contribution in [0.5, 0.6) is 0 Å². The van der Waals surface area contributed by atoms with E-state index < -0.39 is 40.3 Å². The average molecular weight is 541 g/mol. The number of Topliss-reactive ketones (excluding diaryl/α,β-unsaturated/α-hetero) is 1. The molecule has 0 spiro atoms. The van der Waals surface area contributed by atoms with E-state index >= 15 is 0 Å². The molecule has 4 aromatic rings. The summed E-state index contributed by atoms with van der Waals surface area (Å²) in [6.45, 7) is 0. The van der Waals surface area contributed by atoms with E-state index in [1.54, 1.807) is 54.6 Å². The van der Waals surface area contributed by atoms with Gasteiger partial charge in [-0.2, -0.15) is 0 Å². The van der Waals surface area contributed by atoms with Crippen molar-refractivity contribution in [3.05, 3.63) is 140 Å². The van der Waals surface area contributed by atoms with Crippen LogP contribution in [-0.2, 0) is 4.74 Å². The number of nitrogens with zero attached hydrogens (tertiary/aromatic N) is 2. The lowest BCUT2D eigenvalue weighted by molar-refractivity contribution is -0.385. The van der Waals surface area contributed by atoms with Gasteiger partial charge in [-0.25, -0.2) is 9.69 Å². The fourth-order valence-electron chi connectivity index (χ4n) is 4.31. The molecule has 5 rings (SSSR count). The number of carbonyl (C=O) groups is 4. The Balaban J connectivity index is 1.53. The van der Waals surface area contributed by atoms with Gasteiger partial charge in [-0.1, -0.05) is 72.3 Å². The third-order valence-corrected chi connectivity index (χ3v) is 6.40. The van der Waals surface area contributed by atoms with Crippen molar-refractivity contribution in [1.29, 1.82) is 0 Å². The number of fused-ring (bicyclic) bond motifs is 1. The lowest BCUT2D eigenvalue weighted by Crippen LogP contribution is -2.31. The first kappa shape index (κ1) is 25.5. The van der Waals surface area contributed by atoms with Gasteiger partial charge in [-0.3, -0.25) is 24.5 Å². The SMILES string of the molecule is O=C(O[C@H](C(=O)c1ccccc1)c1ccc(Cl)cc1)c1ccccc1N1C(=O)c2cccc([N+](=O)[O-])c2C1=O. The first-order chi connectivity index (χ1) is 18.8. The summed E-state index contributed by atoms with van der Waals surface area (Å²) >= 11 is 6.00. The van der Waals surface area contributed by atoms with Crippen molar-refractivity contribution in [3.8, 4) is 0 Å². The molecule has 9 nitrogen and oxygen atoms in total. The Kier molecular flexibility index (Phi) is 6.74. The van der Waals surface area contributed by atoms with Crippen LogP contribution in [0.25, 0.3) is 0 Å². The number of esters is 1. The largest absolute Gasteiger partial charge is 0.445 e. The third kappa shape index (κ3) is 4.67. The molecule has 192 valence electrons. The van der Waals surface area contributed by atoms with E-state index in [9.17, 15) is 29.3 Å². The molecule has 10 heteroatoms. The molecule has 1 atom stereocenters. The summed E-state index contributed by atoms with van der Waals surface area (Å²) in [5.74, 6) is -3.26. The molecule has 0 unspecified atom stereocenters. The molecule has 1 aliphatic rings. The molecule has 0 fully saturated rings. The van der Waals surface area contributed by atoms with Gasteiger partial charge in [0.05, 0.1) is 21.7 Å². The highest BCUT2D eigenvalue weighted by atomic mass is 35.5. The van der Waals surface area contributed by atoms with Gasteiger partial charge in [-0.05, 0) is 30.3 Å². The smallest absolute Gasteiger partial charge is 0.341 e. The quantitative estimate of drug-likeness (QED) is 0.0949. The van der Waals surface area contributed by atoms with Crippen LogP contribution in [0.3, 0.4) is 0 Å². The van der Waals surface area contributed by atoms with Crippen molar-refractivity contribution in [2.24, 2.45) is 0 Å². The predicted octanol–water partition coefficient (Wildman–Crippen LogP) is 5.83. The molecule has 0 radical (unpaired) electrons. The fourth-order valence-corrected chi connectivity index (χ4v) is 4.44. The van der Waals surface area contributed by atoms with Crippen LogP contribution in [0.15, 0.2) is 97.1 Å². The van der Waals surface area contributed by atoms with Gasteiger partial charge >= 0.3 is 5.97 Å². The molecular formula is C29H17ClN2O7. The van der Waals surface area contributed by atoms with Crippen LogP contribution in [0.1, 0.15) is 53.1 Å². The average Bonchev–Trinajstić information content (AvgIpc) is 3.21. The van der Waals surface area contributed by atoms with Crippen LogP contribution in [0.4, 0.5) is 11.4 Å². The number of ketones is 1. The van der Waals surface area contributed by atoms with Crippen molar-refractivity contribution in [2.45, 2.75) is 6.10 Å². The maximum atomic E-state index is 13.5. The zero-order valence-electron chi connectivity index (χ0n) is 19.9. The molecular weight excluding hydrogens is 524 g/mol. The van der Waals surface area contributed by atoms with Crippen LogP contribution >= 0.6 is 11.6 Å². The number of halogens is 1. The minimum Gasteiger partial charge on any atom is -0.445 e. The lowest BCUT2D eigenvalue weighted by atomic mass is 9.99. The molecule has 0 saturated carbocycles. The number of nitro groups is 1. The van der Waals surface area contributed by atoms with E-state index in [-0.39, 0.29) is 22.4 Å². The van der Waals surface area contributed by atoms with E-state index in [0.717, 1.165) is 6.07 Å². The van der Waals surface area contributed by atoms with Gasteiger partial charge in [0.25, 0.3) is 17.5 Å². The number of nitro benzene ring substituents is 1. The predicted molar refractivity (Wildman–Crippen MR) is 141 cm³/mol. The Bertz CT molecular complexity index is 1650. The zero-order valence-corrected chi connectivity index (χ0v) is 20.7. The van der Waals surface area contributed by atoms with Crippen LogP contribution in [0.2, 0.25) is 5.02 Å². The molecule has 39 heavy (non-hydrogen) atoms. The summed E-state index contributed by atoms with van der Waals surface area (Å²) in [5, 5.41) is 11.9. The summed E-state index contributed by atoms with van der Waals surface area (Å²) in [6.07, 6.45) is -1.37. The highest BCUT2D eigenvalue weighted by molar-refractivity contribution is 6.36. The number of hydrogen-bond donors (Lipinski definition) is 0. The van der Waals surface area contributed by atoms with Crippen LogP contribution < -0.4 is 4.90 Å². The lowest BCUT2D eigenvalue weighted by Gasteiger charge is -2.21. The monoisotopic (exact) mass is 540 g/mol. The van der Waals surface area contributed by atoms with Crippen molar-refractivity contribution in [2.75, 3.05) is 4.90 Å². The van der Waals surface area contributed by atoms with Crippen molar-refractivity contribution in [1.82, 2.24) is 0 Å². The minimum absolute atomic E-state index is 0.134. The summed E-state index contributed by atoms with van der Waals surface area (Å²) < 4.78 is 5.70. The number of amides is 2. The van der Waals surface area contributed by atoms with Gasteiger partial charge < -0.3 is 4.74 Å². The first-order valence-corrected chi connectivity index (χ1v) is 12.0. The molecule has 0 N–H and O–H groups in total. The van der Waals surface area contributed by atoms with Gasteiger partial charge in [0, 0.05) is 22.2 Å². The minimum atomic E-state index is -1.37. The Hall–Kier alpha value is -5.15. The van der Waals surface area contributed by atoms with E-state index in [0.29, 0.717) is 21.0 Å². The number of rotatable bonds is 7. The Morgan fingerprint density at radius 2 is 1.49 bits per heavy atom. The highest BCUT2D eigenvalue weighted by Gasteiger charge is 2.43. The molecule has 2 amide bonds. The third-order valence-electron chi connectivity index (χ3n) is 6.15. The Labute approximate surface area is 226 Å². The van der Waals surface area contributed by atoms with Crippen molar-refractivity contribution >= 4 is 46.5 Å². The number of anilines is 1.